The van der Waals surface area contributed by atoms with Crippen molar-refractivity contribution in [2.45, 2.75) is 33.2 Å². The van der Waals surface area contributed by atoms with E-state index in [1.54, 1.807) is 6.92 Å². The van der Waals surface area contributed by atoms with Gasteiger partial charge in [-0.1, -0.05) is 0 Å². The fourth-order valence-electron chi connectivity index (χ4n) is 1.63. The number of carbonyl (C=O) groups excluding carboxylic acids is 2. The summed E-state index contributed by atoms with van der Waals surface area (Å²) in [6.07, 6.45) is 1.09. The Morgan fingerprint density at radius 3 is 2.35 bits per heavy atom. The summed E-state index contributed by atoms with van der Waals surface area (Å²) in [5.74, 6) is -0.160. The first kappa shape index (κ1) is 14.0. The van der Waals surface area contributed by atoms with Crippen LogP contribution in [0.2, 0.25) is 0 Å². The average molecular weight is 242 g/mol. The minimum atomic E-state index is -0.266. The average Bonchev–Trinajstić information content (AvgIpc) is 2.13. The van der Waals surface area contributed by atoms with Crippen LogP contribution in [0.1, 0.15) is 27.2 Å². The molecule has 0 aliphatic carbocycles. The van der Waals surface area contributed by atoms with Crippen molar-refractivity contribution < 1.29 is 14.3 Å². The van der Waals surface area contributed by atoms with E-state index in [-0.39, 0.29) is 24.5 Å². The van der Waals surface area contributed by atoms with Gasteiger partial charge >= 0.3 is 5.97 Å². The highest BCUT2D eigenvalue weighted by atomic mass is 16.5. The van der Waals surface area contributed by atoms with E-state index in [1.807, 2.05) is 23.6 Å². The van der Waals surface area contributed by atoms with Gasteiger partial charge in [-0.3, -0.25) is 14.5 Å². The Bertz CT molecular complexity index is 275. The Balaban J connectivity index is 2.41. The van der Waals surface area contributed by atoms with Gasteiger partial charge in [0.15, 0.2) is 0 Å². The zero-order valence-corrected chi connectivity index (χ0v) is 10.9. The molecule has 1 fully saturated rings. The molecule has 98 valence electrons. The van der Waals surface area contributed by atoms with Crippen LogP contribution in [0.25, 0.3) is 0 Å². The van der Waals surface area contributed by atoms with E-state index in [0.29, 0.717) is 13.2 Å². The molecule has 0 spiro atoms. The molecule has 1 amide bonds. The lowest BCUT2D eigenvalue weighted by Crippen LogP contribution is -2.49. The van der Waals surface area contributed by atoms with Gasteiger partial charge in [-0.2, -0.15) is 0 Å². The molecule has 0 aromatic heterocycles. The van der Waals surface area contributed by atoms with Crippen molar-refractivity contribution in [2.75, 3.05) is 32.8 Å². The van der Waals surface area contributed by atoms with Crippen LogP contribution >= 0.6 is 0 Å². The number of nitrogens with zero attached hydrogens (tertiary/aromatic N) is 2. The van der Waals surface area contributed by atoms with E-state index in [9.17, 15) is 9.59 Å². The van der Waals surface area contributed by atoms with Gasteiger partial charge in [-0.25, -0.2) is 0 Å². The highest BCUT2D eigenvalue weighted by Gasteiger charge is 2.24. The molecule has 0 bridgehead atoms. The molecule has 1 aliphatic rings. The molecule has 0 unspecified atom stereocenters. The summed E-state index contributed by atoms with van der Waals surface area (Å²) < 4.78 is 4.90. The molecule has 0 aromatic rings. The number of hydrogen-bond acceptors (Lipinski definition) is 4. The summed E-state index contributed by atoms with van der Waals surface area (Å²) in [4.78, 5) is 26.9. The molecular weight excluding hydrogens is 220 g/mol. The van der Waals surface area contributed by atoms with E-state index in [0.717, 1.165) is 19.5 Å². The van der Waals surface area contributed by atoms with Crippen molar-refractivity contribution in [3.05, 3.63) is 0 Å². The van der Waals surface area contributed by atoms with E-state index < -0.39 is 0 Å². The van der Waals surface area contributed by atoms with Crippen molar-refractivity contribution >= 4 is 11.9 Å². The highest BCUT2D eigenvalue weighted by molar-refractivity contribution is 5.80. The molecule has 5 nitrogen and oxygen atoms in total. The summed E-state index contributed by atoms with van der Waals surface area (Å²) in [5, 5.41) is 0. The lowest BCUT2D eigenvalue weighted by Gasteiger charge is -2.34. The van der Waals surface area contributed by atoms with Crippen LogP contribution < -0.4 is 0 Å². The zero-order valence-electron chi connectivity index (χ0n) is 10.9. The molecule has 1 heterocycles. The third-order valence-electron chi connectivity index (χ3n) is 2.91. The summed E-state index contributed by atoms with van der Waals surface area (Å²) in [5.41, 5.74) is 0. The number of hydrogen-bond donors (Lipinski definition) is 0. The maximum Gasteiger partial charge on any atom is 0.320 e. The summed E-state index contributed by atoms with van der Waals surface area (Å²) in [6, 6.07) is 0.157. The Kier molecular flexibility index (Phi) is 5.41. The van der Waals surface area contributed by atoms with Crippen LogP contribution in [0.15, 0.2) is 0 Å². The topological polar surface area (TPSA) is 49.9 Å². The van der Waals surface area contributed by atoms with Crippen molar-refractivity contribution in [3.8, 4) is 0 Å². The van der Waals surface area contributed by atoms with Gasteiger partial charge in [0, 0.05) is 19.1 Å². The fourth-order valence-corrected chi connectivity index (χ4v) is 1.63. The van der Waals surface area contributed by atoms with Gasteiger partial charge in [-0.15, -0.1) is 0 Å². The Morgan fingerprint density at radius 2 is 1.94 bits per heavy atom. The summed E-state index contributed by atoms with van der Waals surface area (Å²) in [7, 11) is 0. The van der Waals surface area contributed by atoms with Crippen molar-refractivity contribution in [3.63, 3.8) is 0 Å². The predicted octanol–water partition coefficient (Wildman–Crippen LogP) is 0.492. The van der Waals surface area contributed by atoms with Crippen molar-refractivity contribution in [1.29, 1.82) is 0 Å². The van der Waals surface area contributed by atoms with Crippen molar-refractivity contribution in [2.24, 2.45) is 0 Å². The van der Waals surface area contributed by atoms with Crippen LogP contribution in [0.5, 0.6) is 0 Å². The minimum Gasteiger partial charge on any atom is -0.465 e. The molecule has 0 aromatic carbocycles. The quantitative estimate of drug-likeness (QED) is 0.636. The molecule has 0 saturated carbocycles. The fraction of sp³-hybridized carbons (Fsp3) is 0.833. The first-order valence-corrected chi connectivity index (χ1v) is 6.22. The van der Waals surface area contributed by atoms with Gasteiger partial charge in [0.05, 0.1) is 19.7 Å². The first-order valence-electron chi connectivity index (χ1n) is 6.22. The second-order valence-electron chi connectivity index (χ2n) is 4.54. The van der Waals surface area contributed by atoms with Gasteiger partial charge < -0.3 is 9.64 Å². The molecule has 0 atom stereocenters. The standard InChI is InChI=1S/C12H22N2O3/c1-4-17-12(16)9-14(10(2)3)8-11(15)13-6-5-7-13/h10H,4-9H2,1-3H3. The van der Waals surface area contributed by atoms with Crippen LogP contribution in [-0.2, 0) is 14.3 Å². The van der Waals surface area contributed by atoms with Gasteiger partial charge in [0.25, 0.3) is 0 Å². The third kappa shape index (κ3) is 4.34. The van der Waals surface area contributed by atoms with Gasteiger partial charge in [0.1, 0.15) is 0 Å². The molecule has 17 heavy (non-hydrogen) atoms. The number of esters is 1. The maximum absolute atomic E-state index is 11.8. The predicted molar refractivity (Wildman–Crippen MR) is 64.5 cm³/mol. The third-order valence-corrected chi connectivity index (χ3v) is 2.91. The van der Waals surface area contributed by atoms with Gasteiger partial charge in [-0.05, 0) is 27.2 Å². The number of rotatable bonds is 6. The van der Waals surface area contributed by atoms with Crippen LogP contribution in [-0.4, -0.2) is 60.5 Å². The minimum absolute atomic E-state index is 0.106. The second kappa shape index (κ2) is 6.59. The van der Waals surface area contributed by atoms with Crippen molar-refractivity contribution in [1.82, 2.24) is 9.80 Å². The van der Waals surface area contributed by atoms with E-state index >= 15 is 0 Å². The molecule has 5 heteroatoms. The molecule has 1 aliphatic heterocycles. The molecule has 1 saturated heterocycles. The van der Waals surface area contributed by atoms with Crippen LogP contribution in [0.4, 0.5) is 0 Å². The molecular formula is C12H22N2O3. The van der Waals surface area contributed by atoms with Crippen LogP contribution in [0, 0.1) is 0 Å². The normalized spacial score (nSPS) is 15.0. The van der Waals surface area contributed by atoms with E-state index in [1.165, 1.54) is 0 Å². The maximum atomic E-state index is 11.8. The Morgan fingerprint density at radius 1 is 1.29 bits per heavy atom. The number of likely N-dealkylation sites (tertiary alicyclic amines) is 1. The molecule has 0 N–H and O–H groups in total. The van der Waals surface area contributed by atoms with E-state index in [2.05, 4.69) is 0 Å². The highest BCUT2D eigenvalue weighted by Crippen LogP contribution is 2.08. The lowest BCUT2D eigenvalue weighted by atomic mass is 10.2. The van der Waals surface area contributed by atoms with Gasteiger partial charge in [0.2, 0.25) is 5.91 Å². The number of carbonyl (C=O) groups is 2. The Hall–Kier alpha value is -1.10. The number of ether oxygens (including phenoxy) is 1. The molecule has 0 radical (unpaired) electrons. The number of amides is 1. The molecule has 1 rings (SSSR count). The van der Waals surface area contributed by atoms with E-state index in [4.69, 9.17) is 4.74 Å². The lowest BCUT2D eigenvalue weighted by molar-refractivity contribution is -0.146. The summed E-state index contributed by atoms with van der Waals surface area (Å²) >= 11 is 0. The SMILES string of the molecule is CCOC(=O)CN(CC(=O)N1CCC1)C(C)C. The second-order valence-corrected chi connectivity index (χ2v) is 4.54. The monoisotopic (exact) mass is 242 g/mol. The largest absolute Gasteiger partial charge is 0.465 e. The smallest absolute Gasteiger partial charge is 0.320 e. The first-order chi connectivity index (χ1) is 8.04. The summed E-state index contributed by atoms with van der Waals surface area (Å²) in [6.45, 7) is 8.30. The Labute approximate surface area is 103 Å². The zero-order chi connectivity index (χ0) is 12.8. The van der Waals surface area contributed by atoms with Crippen LogP contribution in [0.3, 0.4) is 0 Å².